The fourth-order valence-electron chi connectivity index (χ4n) is 3.27. The van der Waals surface area contributed by atoms with Crippen LogP contribution in [0.5, 0.6) is 5.75 Å². The largest absolute Gasteiger partial charge is 0.497 e. The van der Waals surface area contributed by atoms with E-state index in [-0.39, 0.29) is 18.0 Å². The van der Waals surface area contributed by atoms with Crippen LogP contribution in [0.25, 0.3) is 0 Å². The molecule has 2 atom stereocenters. The van der Waals surface area contributed by atoms with Crippen molar-refractivity contribution in [1.29, 1.82) is 0 Å². The number of benzene rings is 2. The number of carbonyl (C=O) groups excluding carboxylic acids is 1. The van der Waals surface area contributed by atoms with Gasteiger partial charge in [0.15, 0.2) is 0 Å². The van der Waals surface area contributed by atoms with Crippen LogP contribution < -0.4 is 10.1 Å². The average molecular weight is 322 g/mol. The number of ether oxygens (including phenoxy) is 1. The fourth-order valence-corrected chi connectivity index (χ4v) is 3.27. The van der Waals surface area contributed by atoms with E-state index < -0.39 is 0 Å². The first-order valence-corrected chi connectivity index (χ1v) is 8.06. The Kier molecular flexibility index (Phi) is 4.67. The molecule has 3 rings (SSSR count). The predicted molar refractivity (Wildman–Crippen MR) is 96.1 cm³/mol. The lowest BCUT2D eigenvalue weighted by atomic mass is 10.0. The highest BCUT2D eigenvalue weighted by Gasteiger charge is 2.35. The molecule has 1 N–H and O–H groups in total. The molecule has 0 saturated carbocycles. The highest BCUT2D eigenvalue weighted by atomic mass is 16.5. The van der Waals surface area contributed by atoms with Gasteiger partial charge in [0.2, 0.25) is 5.91 Å². The maximum Gasteiger partial charge on any atom is 0.246 e. The first-order chi connectivity index (χ1) is 11.7. The minimum Gasteiger partial charge on any atom is -0.497 e. The number of amides is 1. The molecule has 4 nitrogen and oxygen atoms in total. The van der Waals surface area contributed by atoms with E-state index in [0.717, 1.165) is 22.6 Å². The number of nitrogens with one attached hydrogen (secondary N) is 1. The number of anilines is 1. The van der Waals surface area contributed by atoms with Crippen molar-refractivity contribution in [1.82, 2.24) is 4.90 Å². The van der Waals surface area contributed by atoms with Gasteiger partial charge in [-0.2, -0.15) is 0 Å². The van der Waals surface area contributed by atoms with Crippen LogP contribution in [0.2, 0.25) is 0 Å². The summed E-state index contributed by atoms with van der Waals surface area (Å²) in [5, 5.41) is 3.07. The van der Waals surface area contributed by atoms with Gasteiger partial charge in [0.1, 0.15) is 11.8 Å². The number of carbonyl (C=O) groups is 1. The van der Waals surface area contributed by atoms with E-state index in [2.05, 4.69) is 29.8 Å². The van der Waals surface area contributed by atoms with E-state index >= 15 is 0 Å². The van der Waals surface area contributed by atoms with Crippen molar-refractivity contribution in [3.05, 3.63) is 72.3 Å². The third-order valence-electron chi connectivity index (χ3n) is 4.52. The Bertz CT molecular complexity index is 740. The quantitative estimate of drug-likeness (QED) is 0.867. The summed E-state index contributed by atoms with van der Waals surface area (Å²) in [5.41, 5.74) is 2.93. The van der Waals surface area contributed by atoms with E-state index in [1.807, 2.05) is 48.5 Å². The van der Waals surface area contributed by atoms with Crippen LogP contribution in [-0.2, 0) is 4.79 Å². The summed E-state index contributed by atoms with van der Waals surface area (Å²) in [4.78, 5) is 15.1. The lowest BCUT2D eigenvalue weighted by Crippen LogP contribution is -2.36. The lowest BCUT2D eigenvalue weighted by molar-refractivity contribution is -0.121. The van der Waals surface area contributed by atoms with Crippen LogP contribution in [0.15, 0.2) is 61.2 Å². The minimum absolute atomic E-state index is 0.0289. The van der Waals surface area contributed by atoms with E-state index in [1.54, 1.807) is 7.11 Å². The molecule has 0 saturated heterocycles. The van der Waals surface area contributed by atoms with E-state index in [4.69, 9.17) is 4.74 Å². The maximum absolute atomic E-state index is 12.9. The first kappa shape index (κ1) is 16.3. The first-order valence-electron chi connectivity index (χ1n) is 8.06. The van der Waals surface area contributed by atoms with Crippen molar-refractivity contribution in [3.8, 4) is 5.75 Å². The van der Waals surface area contributed by atoms with Crippen molar-refractivity contribution in [2.75, 3.05) is 19.0 Å². The minimum atomic E-state index is -0.378. The number of rotatable bonds is 4. The Morgan fingerprint density at radius 3 is 2.58 bits per heavy atom. The third kappa shape index (κ3) is 2.93. The molecule has 0 aromatic heterocycles. The van der Waals surface area contributed by atoms with Gasteiger partial charge in [-0.1, -0.05) is 36.4 Å². The molecule has 0 bridgehead atoms. The number of hydrogen-bond donors (Lipinski definition) is 1. The predicted octanol–water partition coefficient (Wildman–Crippen LogP) is 3.94. The van der Waals surface area contributed by atoms with Crippen molar-refractivity contribution >= 4 is 11.6 Å². The van der Waals surface area contributed by atoms with Crippen LogP contribution in [0, 0.1) is 0 Å². The van der Waals surface area contributed by atoms with Crippen molar-refractivity contribution < 1.29 is 9.53 Å². The van der Waals surface area contributed by atoms with Gasteiger partial charge in [0.05, 0.1) is 7.11 Å². The molecule has 0 radical (unpaired) electrons. The van der Waals surface area contributed by atoms with Gasteiger partial charge in [-0.15, -0.1) is 6.58 Å². The molecule has 2 aromatic rings. The summed E-state index contributed by atoms with van der Waals surface area (Å²) in [6.07, 6.45) is 1.84. The number of methoxy groups -OCH3 is 1. The monoisotopic (exact) mass is 322 g/mol. The summed E-state index contributed by atoms with van der Waals surface area (Å²) < 4.78 is 5.22. The van der Waals surface area contributed by atoms with Crippen LogP contribution in [0.3, 0.4) is 0 Å². The SMILES string of the molecule is C=CCN1C(C)c2ccccc2NC(=O)C1c1ccc(OC)cc1. The van der Waals surface area contributed by atoms with Gasteiger partial charge in [-0.05, 0) is 36.2 Å². The number of hydrogen-bond acceptors (Lipinski definition) is 3. The Morgan fingerprint density at radius 1 is 1.21 bits per heavy atom. The second-order valence-corrected chi connectivity index (χ2v) is 5.91. The van der Waals surface area contributed by atoms with E-state index in [1.165, 1.54) is 0 Å². The van der Waals surface area contributed by atoms with Crippen molar-refractivity contribution in [3.63, 3.8) is 0 Å². The van der Waals surface area contributed by atoms with Gasteiger partial charge in [-0.25, -0.2) is 0 Å². The highest BCUT2D eigenvalue weighted by Crippen LogP contribution is 2.38. The maximum atomic E-state index is 12.9. The van der Waals surface area contributed by atoms with Gasteiger partial charge in [-0.3, -0.25) is 9.69 Å². The zero-order chi connectivity index (χ0) is 17.1. The molecule has 1 aliphatic rings. The Morgan fingerprint density at radius 2 is 1.92 bits per heavy atom. The number of nitrogens with zero attached hydrogens (tertiary/aromatic N) is 1. The second kappa shape index (κ2) is 6.89. The Hall–Kier alpha value is -2.59. The Balaban J connectivity index is 2.06. The summed E-state index contributed by atoms with van der Waals surface area (Å²) in [5.74, 6) is 0.748. The molecule has 24 heavy (non-hydrogen) atoms. The van der Waals surface area contributed by atoms with Crippen LogP contribution in [0.4, 0.5) is 5.69 Å². The smallest absolute Gasteiger partial charge is 0.246 e. The normalized spacial score (nSPS) is 20.7. The molecule has 0 spiro atoms. The van der Waals surface area contributed by atoms with E-state index in [9.17, 15) is 4.79 Å². The van der Waals surface area contributed by atoms with Gasteiger partial charge < -0.3 is 10.1 Å². The van der Waals surface area contributed by atoms with Crippen molar-refractivity contribution in [2.45, 2.75) is 19.0 Å². The van der Waals surface area contributed by atoms with Gasteiger partial charge >= 0.3 is 0 Å². The van der Waals surface area contributed by atoms with Crippen LogP contribution in [0.1, 0.15) is 30.1 Å². The standard InChI is InChI=1S/C20H22N2O2/c1-4-13-22-14(2)17-7-5-6-8-18(17)21-20(23)19(22)15-9-11-16(24-3)12-10-15/h4-12,14,19H,1,13H2,2-3H3,(H,21,23). The average Bonchev–Trinajstić information content (AvgIpc) is 2.71. The molecule has 1 heterocycles. The highest BCUT2D eigenvalue weighted by molar-refractivity contribution is 5.97. The number of fused-ring (bicyclic) bond motifs is 1. The van der Waals surface area contributed by atoms with Gasteiger partial charge in [0, 0.05) is 18.3 Å². The van der Waals surface area contributed by atoms with Gasteiger partial charge in [0.25, 0.3) is 0 Å². The summed E-state index contributed by atoms with van der Waals surface area (Å²) in [7, 11) is 1.64. The molecule has 0 fully saturated rings. The third-order valence-corrected chi connectivity index (χ3v) is 4.52. The zero-order valence-corrected chi connectivity index (χ0v) is 14.0. The van der Waals surface area contributed by atoms with Crippen LogP contribution >= 0.6 is 0 Å². The number of para-hydroxylation sites is 1. The second-order valence-electron chi connectivity index (χ2n) is 5.91. The Labute approximate surface area is 142 Å². The molecule has 2 unspecified atom stereocenters. The molecule has 1 aliphatic heterocycles. The molecule has 2 aromatic carbocycles. The van der Waals surface area contributed by atoms with Crippen molar-refractivity contribution in [2.24, 2.45) is 0 Å². The zero-order valence-electron chi connectivity index (χ0n) is 14.0. The fraction of sp³-hybridized carbons (Fsp3) is 0.250. The molecule has 0 aliphatic carbocycles. The van der Waals surface area contributed by atoms with Crippen LogP contribution in [-0.4, -0.2) is 24.5 Å². The molecule has 1 amide bonds. The van der Waals surface area contributed by atoms with E-state index in [0.29, 0.717) is 6.54 Å². The summed E-state index contributed by atoms with van der Waals surface area (Å²) >= 11 is 0. The molecule has 4 heteroatoms. The topological polar surface area (TPSA) is 41.6 Å². The molecular formula is C20H22N2O2. The molecular weight excluding hydrogens is 300 g/mol. The summed E-state index contributed by atoms with van der Waals surface area (Å²) in [6.45, 7) is 6.61. The lowest BCUT2D eigenvalue weighted by Gasteiger charge is -2.32. The molecule has 124 valence electrons. The summed E-state index contributed by atoms with van der Waals surface area (Å²) in [6, 6.07) is 15.3.